The number of ether oxygens (including phenoxy) is 2. The highest BCUT2D eigenvalue weighted by Crippen LogP contribution is 2.20. The molecule has 38 heavy (non-hydrogen) atoms. The Labute approximate surface area is 224 Å². The molecule has 1 aliphatic heterocycles. The molecule has 0 unspecified atom stereocenters. The molecular weight excluding hydrogens is 482 g/mol. The van der Waals surface area contributed by atoms with Crippen LogP contribution >= 0.6 is 0 Å². The van der Waals surface area contributed by atoms with Gasteiger partial charge in [-0.1, -0.05) is 29.8 Å². The number of hydrogen-bond donors (Lipinski definition) is 0. The normalized spacial score (nSPS) is 13.7. The Morgan fingerprint density at radius 3 is 2.32 bits per heavy atom. The number of anilines is 1. The summed E-state index contributed by atoms with van der Waals surface area (Å²) in [4.78, 5) is 31.9. The lowest BCUT2D eigenvalue weighted by Crippen LogP contribution is -2.45. The number of amides is 2. The third kappa shape index (κ3) is 6.86. The molecule has 1 saturated heterocycles. The Morgan fingerprint density at radius 1 is 0.895 bits per heavy atom. The molecule has 0 aliphatic carbocycles. The third-order valence-corrected chi connectivity index (χ3v) is 6.69. The molecule has 2 amide bonds. The van der Waals surface area contributed by atoms with Crippen LogP contribution in [0.4, 0.5) is 5.82 Å². The summed E-state index contributed by atoms with van der Waals surface area (Å²) in [6.45, 7) is 5.33. The second-order valence-electron chi connectivity index (χ2n) is 9.31. The van der Waals surface area contributed by atoms with E-state index < -0.39 is 0 Å². The van der Waals surface area contributed by atoms with Gasteiger partial charge in [0.2, 0.25) is 5.91 Å². The molecular formula is C29H35N5O4. The van der Waals surface area contributed by atoms with Crippen LogP contribution in [0.5, 0.6) is 5.75 Å². The predicted octanol–water partition coefficient (Wildman–Crippen LogP) is 3.29. The zero-order chi connectivity index (χ0) is 26.9. The number of aromatic nitrogens is 2. The molecule has 2 heterocycles. The van der Waals surface area contributed by atoms with Gasteiger partial charge in [0.15, 0.2) is 5.82 Å². The standard InChI is InChI=1S/C29H35N5O4/c1-22-5-7-23(8-6-22)26-13-14-27(31-30-26)32-15-4-16-33(18-17-32)28(35)21-34(19-20-37-2)29(36)24-9-11-25(38-3)12-10-24/h5-14H,4,15-21H2,1-3H3. The number of aryl methyl sites for hydroxylation is 1. The lowest BCUT2D eigenvalue weighted by Gasteiger charge is -2.27. The van der Waals surface area contributed by atoms with Crippen LogP contribution in [-0.4, -0.2) is 91.9 Å². The van der Waals surface area contributed by atoms with Gasteiger partial charge < -0.3 is 24.2 Å². The minimum Gasteiger partial charge on any atom is -0.497 e. The van der Waals surface area contributed by atoms with Crippen LogP contribution in [0.1, 0.15) is 22.3 Å². The molecule has 9 heteroatoms. The summed E-state index contributed by atoms with van der Waals surface area (Å²) in [6, 6.07) is 19.1. The van der Waals surface area contributed by atoms with Gasteiger partial charge in [-0.2, -0.15) is 0 Å². The average Bonchev–Trinajstić information content (AvgIpc) is 3.22. The summed E-state index contributed by atoms with van der Waals surface area (Å²) in [5, 5.41) is 8.89. The molecule has 200 valence electrons. The lowest BCUT2D eigenvalue weighted by atomic mass is 10.1. The van der Waals surface area contributed by atoms with E-state index in [1.807, 2.05) is 29.2 Å². The SMILES string of the molecule is COCCN(CC(=O)N1CCCN(c2ccc(-c3ccc(C)cc3)nn2)CC1)C(=O)c1ccc(OC)cc1. The molecule has 0 N–H and O–H groups in total. The maximum absolute atomic E-state index is 13.3. The van der Waals surface area contributed by atoms with E-state index in [9.17, 15) is 9.59 Å². The van der Waals surface area contributed by atoms with E-state index in [0.29, 0.717) is 44.1 Å². The fourth-order valence-corrected chi connectivity index (χ4v) is 4.40. The van der Waals surface area contributed by atoms with Gasteiger partial charge in [0.25, 0.3) is 5.91 Å². The topological polar surface area (TPSA) is 88.1 Å². The van der Waals surface area contributed by atoms with Crippen LogP contribution in [0.2, 0.25) is 0 Å². The second kappa shape index (κ2) is 13.0. The van der Waals surface area contributed by atoms with Crippen LogP contribution in [0.15, 0.2) is 60.7 Å². The van der Waals surface area contributed by atoms with Crippen molar-refractivity contribution in [3.8, 4) is 17.0 Å². The summed E-state index contributed by atoms with van der Waals surface area (Å²) in [5.74, 6) is 1.18. The summed E-state index contributed by atoms with van der Waals surface area (Å²) in [5.41, 5.74) is 3.57. The minimum atomic E-state index is -0.210. The van der Waals surface area contributed by atoms with Crippen molar-refractivity contribution in [2.24, 2.45) is 0 Å². The van der Waals surface area contributed by atoms with Gasteiger partial charge in [-0.15, -0.1) is 10.2 Å². The zero-order valence-corrected chi connectivity index (χ0v) is 22.3. The van der Waals surface area contributed by atoms with Gasteiger partial charge in [0.1, 0.15) is 12.3 Å². The van der Waals surface area contributed by atoms with Gasteiger partial charge in [-0.3, -0.25) is 9.59 Å². The fraction of sp³-hybridized carbons (Fsp3) is 0.379. The summed E-state index contributed by atoms with van der Waals surface area (Å²) in [7, 11) is 3.16. The Bertz CT molecular complexity index is 1200. The van der Waals surface area contributed by atoms with Crippen molar-refractivity contribution in [3.05, 3.63) is 71.8 Å². The Hall–Kier alpha value is -3.98. The zero-order valence-electron chi connectivity index (χ0n) is 22.3. The van der Waals surface area contributed by atoms with Crippen molar-refractivity contribution >= 4 is 17.6 Å². The lowest BCUT2D eigenvalue weighted by molar-refractivity contribution is -0.131. The van der Waals surface area contributed by atoms with Crippen molar-refractivity contribution in [3.63, 3.8) is 0 Å². The maximum atomic E-state index is 13.3. The molecule has 4 rings (SSSR count). The highest BCUT2D eigenvalue weighted by atomic mass is 16.5. The molecule has 0 atom stereocenters. The number of carbonyl (C=O) groups excluding carboxylic acids is 2. The first-order valence-corrected chi connectivity index (χ1v) is 12.8. The number of rotatable bonds is 9. The Balaban J connectivity index is 1.37. The number of hydrogen-bond acceptors (Lipinski definition) is 7. The molecule has 0 radical (unpaired) electrons. The van der Waals surface area contributed by atoms with Gasteiger partial charge in [-0.25, -0.2) is 0 Å². The highest BCUT2D eigenvalue weighted by molar-refractivity contribution is 5.96. The molecule has 1 aliphatic rings. The third-order valence-electron chi connectivity index (χ3n) is 6.69. The number of methoxy groups -OCH3 is 2. The van der Waals surface area contributed by atoms with Gasteiger partial charge in [-0.05, 0) is 49.7 Å². The van der Waals surface area contributed by atoms with Gasteiger partial charge in [0, 0.05) is 51.0 Å². The summed E-state index contributed by atoms with van der Waals surface area (Å²) < 4.78 is 10.4. The fourth-order valence-electron chi connectivity index (χ4n) is 4.40. The average molecular weight is 518 g/mol. The molecule has 0 bridgehead atoms. The summed E-state index contributed by atoms with van der Waals surface area (Å²) in [6.07, 6.45) is 0.803. The first-order valence-electron chi connectivity index (χ1n) is 12.8. The molecule has 3 aromatic rings. The Morgan fingerprint density at radius 2 is 1.66 bits per heavy atom. The number of benzene rings is 2. The molecule has 2 aromatic carbocycles. The quantitative estimate of drug-likeness (QED) is 0.430. The van der Waals surface area contributed by atoms with Crippen LogP contribution in [0, 0.1) is 6.92 Å². The van der Waals surface area contributed by atoms with E-state index in [-0.39, 0.29) is 18.4 Å². The maximum Gasteiger partial charge on any atom is 0.254 e. The smallest absolute Gasteiger partial charge is 0.254 e. The van der Waals surface area contributed by atoms with E-state index >= 15 is 0 Å². The van der Waals surface area contributed by atoms with Crippen molar-refractivity contribution in [2.75, 3.05) is 65.0 Å². The van der Waals surface area contributed by atoms with E-state index in [4.69, 9.17) is 9.47 Å². The van der Waals surface area contributed by atoms with E-state index in [0.717, 1.165) is 30.0 Å². The first-order chi connectivity index (χ1) is 18.5. The van der Waals surface area contributed by atoms with Crippen molar-refractivity contribution in [2.45, 2.75) is 13.3 Å². The van der Waals surface area contributed by atoms with Crippen LogP contribution < -0.4 is 9.64 Å². The largest absolute Gasteiger partial charge is 0.497 e. The predicted molar refractivity (Wildman–Crippen MR) is 146 cm³/mol. The highest BCUT2D eigenvalue weighted by Gasteiger charge is 2.25. The molecule has 0 saturated carbocycles. The monoisotopic (exact) mass is 517 g/mol. The first kappa shape index (κ1) is 27.1. The van der Waals surface area contributed by atoms with Crippen molar-refractivity contribution in [1.29, 1.82) is 0 Å². The second-order valence-corrected chi connectivity index (χ2v) is 9.31. The molecule has 0 spiro atoms. The molecule has 9 nitrogen and oxygen atoms in total. The van der Waals surface area contributed by atoms with E-state index in [2.05, 4.69) is 34.2 Å². The van der Waals surface area contributed by atoms with E-state index in [1.165, 1.54) is 5.56 Å². The van der Waals surface area contributed by atoms with Crippen molar-refractivity contribution < 1.29 is 19.1 Å². The minimum absolute atomic E-state index is 0.000719. The van der Waals surface area contributed by atoms with E-state index in [1.54, 1.807) is 43.4 Å². The Kier molecular flexibility index (Phi) is 9.26. The number of nitrogens with zero attached hydrogens (tertiary/aromatic N) is 5. The van der Waals surface area contributed by atoms with Crippen LogP contribution in [0.25, 0.3) is 11.3 Å². The van der Waals surface area contributed by atoms with Gasteiger partial charge >= 0.3 is 0 Å². The van der Waals surface area contributed by atoms with Crippen LogP contribution in [0.3, 0.4) is 0 Å². The molecule has 1 fully saturated rings. The van der Waals surface area contributed by atoms with Gasteiger partial charge in [0.05, 0.1) is 19.4 Å². The molecule has 1 aromatic heterocycles. The van der Waals surface area contributed by atoms with Crippen LogP contribution in [-0.2, 0) is 9.53 Å². The van der Waals surface area contributed by atoms with Crippen molar-refractivity contribution in [1.82, 2.24) is 20.0 Å². The summed E-state index contributed by atoms with van der Waals surface area (Å²) >= 11 is 0. The number of carbonyl (C=O) groups is 2.